The molecule has 1 fully saturated rings. The lowest BCUT2D eigenvalue weighted by Crippen LogP contribution is -2.21. The first-order chi connectivity index (χ1) is 20.0. The van der Waals surface area contributed by atoms with Gasteiger partial charge in [-0.2, -0.15) is 18.4 Å². The molecule has 2 aromatic rings. The van der Waals surface area contributed by atoms with E-state index in [9.17, 15) is 32.8 Å². The van der Waals surface area contributed by atoms with Crippen LogP contribution in [0.5, 0.6) is 5.75 Å². The van der Waals surface area contributed by atoms with Crippen LogP contribution in [-0.2, 0) is 14.3 Å². The second-order valence-corrected chi connectivity index (χ2v) is 10.3. The normalized spacial score (nSPS) is 16.6. The Balaban J connectivity index is 1.52. The number of halogens is 3. The fourth-order valence-corrected chi connectivity index (χ4v) is 4.86. The molecule has 0 aliphatic heterocycles. The molecule has 0 bridgehead atoms. The molecule has 0 spiro atoms. The summed E-state index contributed by atoms with van der Waals surface area (Å²) < 4.78 is 52.3. The number of ether oxygens (including phenoxy) is 3. The minimum Gasteiger partial charge on any atom is -0.462 e. The van der Waals surface area contributed by atoms with Crippen LogP contribution in [-0.4, -0.2) is 37.3 Å². The molecule has 0 amide bonds. The van der Waals surface area contributed by atoms with Gasteiger partial charge in [0.2, 0.25) is 0 Å². The maximum absolute atomic E-state index is 12.8. The molecule has 10 heteroatoms. The van der Waals surface area contributed by atoms with Crippen molar-refractivity contribution in [3.8, 4) is 11.8 Å². The summed E-state index contributed by atoms with van der Waals surface area (Å²) >= 11 is 0. The number of rotatable bonds is 12. The average Bonchev–Trinajstić information content (AvgIpc) is 2.99. The van der Waals surface area contributed by atoms with Gasteiger partial charge in [-0.1, -0.05) is 44.9 Å². The summed E-state index contributed by atoms with van der Waals surface area (Å²) in [5.41, 5.74) is -0.285. The van der Waals surface area contributed by atoms with E-state index in [1.54, 1.807) is 12.1 Å². The molecule has 0 radical (unpaired) electrons. The Morgan fingerprint density at radius 2 is 1.62 bits per heavy atom. The van der Waals surface area contributed by atoms with Crippen molar-refractivity contribution in [2.45, 2.75) is 70.4 Å². The standard InChI is InChI=1S/C32H34F3NO6/c1-3-4-6-22-7-9-23(10-8-22)24-11-13-25(14-12-24)30(38)42-27-16-15-26(20-36)28(19-27)31(39)41-18-5-17-40-29(37)21(2)32(33,34)35/h11-16,19,22-23H,2-10,17-18H2,1H3. The smallest absolute Gasteiger partial charge is 0.422 e. The first-order valence-electron chi connectivity index (χ1n) is 14.0. The number of carbonyl (C=O) groups excluding carboxylic acids is 3. The molecule has 0 unspecified atom stereocenters. The van der Waals surface area contributed by atoms with Gasteiger partial charge in [0.15, 0.2) is 0 Å². The molecule has 42 heavy (non-hydrogen) atoms. The first-order valence-corrected chi connectivity index (χ1v) is 14.0. The highest BCUT2D eigenvalue weighted by atomic mass is 19.4. The number of nitriles is 1. The van der Waals surface area contributed by atoms with Crippen molar-refractivity contribution in [1.29, 1.82) is 5.26 Å². The second-order valence-electron chi connectivity index (χ2n) is 10.3. The van der Waals surface area contributed by atoms with Gasteiger partial charge in [0.1, 0.15) is 17.4 Å². The van der Waals surface area contributed by atoms with Crippen LogP contribution in [0.15, 0.2) is 54.6 Å². The van der Waals surface area contributed by atoms with Gasteiger partial charge in [-0.3, -0.25) is 0 Å². The number of benzene rings is 2. The van der Waals surface area contributed by atoms with Gasteiger partial charge in [-0.25, -0.2) is 14.4 Å². The van der Waals surface area contributed by atoms with Crippen molar-refractivity contribution >= 4 is 17.9 Å². The predicted molar refractivity (Wildman–Crippen MR) is 148 cm³/mol. The van der Waals surface area contributed by atoms with E-state index in [-0.39, 0.29) is 29.9 Å². The van der Waals surface area contributed by atoms with Crippen molar-refractivity contribution in [2.24, 2.45) is 5.92 Å². The molecule has 3 rings (SSSR count). The maximum Gasteiger partial charge on any atom is 0.422 e. The topological polar surface area (TPSA) is 103 Å². The van der Waals surface area contributed by atoms with E-state index in [1.807, 2.05) is 18.2 Å². The van der Waals surface area contributed by atoms with Gasteiger partial charge in [0.05, 0.1) is 29.9 Å². The zero-order chi connectivity index (χ0) is 30.7. The third-order valence-corrected chi connectivity index (χ3v) is 7.32. The van der Waals surface area contributed by atoms with Crippen molar-refractivity contribution < 1.29 is 41.8 Å². The van der Waals surface area contributed by atoms with Crippen LogP contribution in [0, 0.1) is 17.2 Å². The Bertz CT molecular complexity index is 1310. The summed E-state index contributed by atoms with van der Waals surface area (Å²) in [5, 5.41) is 9.37. The quantitative estimate of drug-likeness (QED) is 0.110. The van der Waals surface area contributed by atoms with Crippen LogP contribution in [0.4, 0.5) is 13.2 Å². The number of unbranched alkanes of at least 4 members (excludes halogenated alkanes) is 1. The maximum atomic E-state index is 12.8. The molecule has 224 valence electrons. The molecule has 0 heterocycles. The second kappa shape index (κ2) is 15.2. The highest BCUT2D eigenvalue weighted by molar-refractivity contribution is 5.94. The van der Waals surface area contributed by atoms with E-state index >= 15 is 0 Å². The molecule has 2 aromatic carbocycles. The molecule has 1 aliphatic rings. The lowest BCUT2D eigenvalue weighted by atomic mass is 9.77. The van der Waals surface area contributed by atoms with E-state index in [2.05, 4.69) is 18.2 Å². The molecule has 0 saturated heterocycles. The van der Waals surface area contributed by atoms with E-state index in [1.165, 1.54) is 55.9 Å². The molecule has 7 nitrogen and oxygen atoms in total. The van der Waals surface area contributed by atoms with E-state index in [4.69, 9.17) is 9.47 Å². The minimum absolute atomic E-state index is 0.0264. The Morgan fingerprint density at radius 3 is 2.24 bits per heavy atom. The lowest BCUT2D eigenvalue weighted by Gasteiger charge is -2.28. The zero-order valence-electron chi connectivity index (χ0n) is 23.5. The van der Waals surface area contributed by atoms with Crippen molar-refractivity contribution in [3.63, 3.8) is 0 Å². The largest absolute Gasteiger partial charge is 0.462 e. The fraction of sp³-hybridized carbons (Fsp3) is 0.438. The summed E-state index contributed by atoms with van der Waals surface area (Å²) in [4.78, 5) is 36.6. The van der Waals surface area contributed by atoms with Crippen LogP contribution < -0.4 is 4.74 Å². The van der Waals surface area contributed by atoms with Gasteiger partial charge in [0, 0.05) is 6.42 Å². The number of hydrogen-bond acceptors (Lipinski definition) is 7. The zero-order valence-corrected chi connectivity index (χ0v) is 23.5. The number of alkyl halides is 3. The van der Waals surface area contributed by atoms with Crippen LogP contribution in [0.3, 0.4) is 0 Å². The summed E-state index contributed by atoms with van der Waals surface area (Å²) in [6, 6.07) is 13.1. The number of carbonyl (C=O) groups is 3. The van der Waals surface area contributed by atoms with Gasteiger partial charge >= 0.3 is 24.1 Å². The van der Waals surface area contributed by atoms with Crippen molar-refractivity contribution in [2.75, 3.05) is 13.2 Å². The van der Waals surface area contributed by atoms with Gasteiger partial charge in [-0.15, -0.1) is 0 Å². The van der Waals surface area contributed by atoms with Gasteiger partial charge in [-0.05, 0) is 73.4 Å². The number of hydrogen-bond donors (Lipinski definition) is 0. The monoisotopic (exact) mass is 585 g/mol. The third-order valence-electron chi connectivity index (χ3n) is 7.32. The van der Waals surface area contributed by atoms with E-state index in [0.717, 1.165) is 18.8 Å². The molecule has 0 atom stereocenters. The lowest BCUT2D eigenvalue weighted by molar-refractivity contribution is -0.150. The van der Waals surface area contributed by atoms with Gasteiger partial charge < -0.3 is 14.2 Å². The molecular formula is C32H34F3NO6. The van der Waals surface area contributed by atoms with Crippen LogP contribution in [0.1, 0.15) is 96.1 Å². The molecule has 0 N–H and O–H groups in total. The Hall–Kier alpha value is -4.13. The average molecular weight is 586 g/mol. The molecule has 1 saturated carbocycles. The summed E-state index contributed by atoms with van der Waals surface area (Å²) in [6.07, 6.45) is 3.54. The molecule has 1 aliphatic carbocycles. The molecule has 0 aromatic heterocycles. The SMILES string of the molecule is C=C(C(=O)OCCCOC(=O)c1cc(OC(=O)c2ccc(C3CCC(CCCC)CC3)cc2)ccc1C#N)C(F)(F)F. The fourth-order valence-electron chi connectivity index (χ4n) is 4.86. The van der Waals surface area contributed by atoms with Crippen LogP contribution in [0.2, 0.25) is 0 Å². The predicted octanol–water partition coefficient (Wildman–Crippen LogP) is 7.45. The summed E-state index contributed by atoms with van der Waals surface area (Å²) in [7, 11) is 0. The highest BCUT2D eigenvalue weighted by Crippen LogP contribution is 2.37. The summed E-state index contributed by atoms with van der Waals surface area (Å²) in [5.74, 6) is -1.84. The Labute approximate surface area is 243 Å². The highest BCUT2D eigenvalue weighted by Gasteiger charge is 2.37. The number of esters is 3. The van der Waals surface area contributed by atoms with Gasteiger partial charge in [0.25, 0.3) is 0 Å². The third kappa shape index (κ3) is 9.20. The summed E-state index contributed by atoms with van der Waals surface area (Å²) in [6.45, 7) is 4.12. The molecular weight excluding hydrogens is 551 g/mol. The van der Waals surface area contributed by atoms with Crippen LogP contribution >= 0.6 is 0 Å². The van der Waals surface area contributed by atoms with Crippen LogP contribution in [0.25, 0.3) is 0 Å². The Kier molecular flexibility index (Phi) is 11.7. The van der Waals surface area contributed by atoms with E-state index in [0.29, 0.717) is 11.5 Å². The first kappa shape index (κ1) is 32.4. The van der Waals surface area contributed by atoms with Crippen molar-refractivity contribution in [1.82, 2.24) is 0 Å². The van der Waals surface area contributed by atoms with E-state index < -0.39 is 36.3 Å². The van der Waals surface area contributed by atoms with Crippen molar-refractivity contribution in [3.05, 3.63) is 76.9 Å². The minimum atomic E-state index is -4.90. The number of nitrogens with zero attached hydrogens (tertiary/aromatic N) is 1. The Morgan fingerprint density at radius 1 is 0.952 bits per heavy atom.